The smallest absolute Gasteiger partial charge is 0.343 e. The number of carbonyl (C=O) groups excluding carboxylic acids is 11. The lowest BCUT2D eigenvalue weighted by Crippen LogP contribution is -2.65. The maximum atomic E-state index is 15.4. The van der Waals surface area contributed by atoms with Crippen LogP contribution in [0.1, 0.15) is 182 Å². The average Bonchev–Trinajstić information content (AvgIpc) is 1.40. The minimum atomic E-state index is -4.50. The molecular formula is C71H109ClF3N11O11. The topological polar surface area (TPSA) is 250 Å². The van der Waals surface area contributed by atoms with Gasteiger partial charge in [-0.2, -0.15) is 13.2 Å². The van der Waals surface area contributed by atoms with Gasteiger partial charge < -0.3 is 55.1 Å². The number of piperidine rings is 1. The first-order valence-electron chi connectivity index (χ1n) is 35.6. The molecule has 2 saturated carbocycles. The highest BCUT2D eigenvalue weighted by atomic mass is 35.5. The molecule has 4 saturated heterocycles. The van der Waals surface area contributed by atoms with E-state index in [9.17, 15) is 46.7 Å². The van der Waals surface area contributed by atoms with E-state index in [1.807, 2.05) is 65.8 Å². The zero-order valence-corrected chi connectivity index (χ0v) is 60.3. The molecule has 11 amide bonds. The van der Waals surface area contributed by atoms with Crippen molar-refractivity contribution in [1.29, 1.82) is 0 Å². The highest BCUT2D eigenvalue weighted by molar-refractivity contribution is 6.20. The Bertz CT molecular complexity index is 3010. The third-order valence-corrected chi connectivity index (χ3v) is 22.8. The first-order chi connectivity index (χ1) is 45.7. The van der Waals surface area contributed by atoms with Crippen LogP contribution >= 0.6 is 11.6 Å². The summed E-state index contributed by atoms with van der Waals surface area (Å²) in [5.74, 6) is -9.21. The van der Waals surface area contributed by atoms with Crippen LogP contribution in [-0.4, -0.2) is 237 Å². The highest BCUT2D eigenvalue weighted by Crippen LogP contribution is 2.44. The number of amides is 11. The lowest BCUT2D eigenvalue weighted by atomic mass is 9.78. The summed E-state index contributed by atoms with van der Waals surface area (Å²) in [6, 6.07) is -2.36. The molecule has 26 heteroatoms. The molecule has 3 unspecified atom stereocenters. The van der Waals surface area contributed by atoms with Gasteiger partial charge in [0, 0.05) is 79.1 Å². The summed E-state index contributed by atoms with van der Waals surface area (Å²) in [5, 5.41) is 7.69. The number of nitrogens with one attached hydrogen (secondary N) is 3. The SMILES string of the molecule is CC[C@H](C)[C@@H]1NC(=O)[C@H](CC(C)C)N(C)C(=O)C[C@H]2CCCCN2C(=O)[C@H]([C@@H](C)CC)N(C)C(=O)C2(CCCC2)NC(=O)[C@@H]2CCCN2C(=O)[C@H](CCC2CCC(C(F)(F)F)C(Cl)C2)NC(=O)CN(C)C(=O)[C@H](Cc2ccc(C)cc2)N(C)C(=O)[C@@H]2CCN2C(=O)[C@H](C)N(C)C1=O. The van der Waals surface area contributed by atoms with Gasteiger partial charge in [0.1, 0.15) is 53.9 Å². The molecule has 0 radical (unpaired) electrons. The molecule has 14 atom stereocenters. The molecule has 6 fully saturated rings. The third-order valence-electron chi connectivity index (χ3n) is 22.3. The number of nitrogens with zero attached hydrogens (tertiary/aromatic N) is 8. The van der Waals surface area contributed by atoms with Gasteiger partial charge in [-0.05, 0) is 133 Å². The van der Waals surface area contributed by atoms with Gasteiger partial charge in [-0.3, -0.25) is 52.7 Å². The molecule has 4 aliphatic heterocycles. The number of hydrogen-bond acceptors (Lipinski definition) is 11. The molecule has 1 aromatic carbocycles. The predicted molar refractivity (Wildman–Crippen MR) is 361 cm³/mol. The fourth-order valence-corrected chi connectivity index (χ4v) is 15.9. The Kier molecular flexibility index (Phi) is 26.9. The van der Waals surface area contributed by atoms with E-state index in [0.717, 1.165) is 10.5 Å². The van der Waals surface area contributed by atoms with Crippen molar-refractivity contribution in [3.8, 4) is 0 Å². The molecule has 0 bridgehead atoms. The van der Waals surface area contributed by atoms with E-state index in [1.165, 1.54) is 57.5 Å². The second kappa shape index (κ2) is 33.6. The van der Waals surface area contributed by atoms with Gasteiger partial charge in [-0.25, -0.2) is 0 Å². The Balaban J connectivity index is 1.26. The number of rotatable bonds is 11. The van der Waals surface area contributed by atoms with Gasteiger partial charge in [-0.15, -0.1) is 11.6 Å². The molecular weight excluding hydrogens is 1280 g/mol. The van der Waals surface area contributed by atoms with E-state index in [2.05, 4.69) is 16.0 Å². The summed E-state index contributed by atoms with van der Waals surface area (Å²) in [6.45, 7) is 14.7. The molecule has 542 valence electrons. The van der Waals surface area contributed by atoms with Crippen molar-refractivity contribution in [2.45, 2.75) is 255 Å². The second-order valence-electron chi connectivity index (χ2n) is 29.5. The Morgan fingerprint density at radius 2 is 1.26 bits per heavy atom. The van der Waals surface area contributed by atoms with Gasteiger partial charge in [-0.1, -0.05) is 97.1 Å². The van der Waals surface area contributed by atoms with Crippen molar-refractivity contribution in [2.75, 3.05) is 61.4 Å². The molecule has 6 aliphatic rings. The number of benzene rings is 1. The molecule has 1 spiro atoms. The molecule has 4 heterocycles. The van der Waals surface area contributed by atoms with Gasteiger partial charge in [0.15, 0.2) is 0 Å². The number of alkyl halides is 4. The molecule has 2 aliphatic carbocycles. The standard InChI is InChI=1S/C71H109ClF3N11O11/c1-14-44(6)59-67(95)80(10)46(8)63(91)86-36-31-54(86)66(94)82(12)56(39-48-25-23-43(5)24-26-48)65(93)79(9)41-57(87)76-52(30-28-47-27-29-50(51(72)38-47)71(73,74)75)64(92)85-35-20-22-53(85)62(90)78-70(32-17-18-33-70)69(97)83(13)60(45(7)15-2)68(96)84-34-19-16-21-49(84)40-58(88)81(11)55(37-42(3)4)61(89)77-59/h23-26,42,44-47,49-56,59-60H,14-22,27-41H2,1-13H3,(H,76,87)(H,77,89)(H,78,90)/t44-,45-,46-,47?,49+,50?,51?,52-,53-,54-,55-,56-,59-,60-/m0/s1. The quantitative estimate of drug-likeness (QED) is 0.199. The van der Waals surface area contributed by atoms with Crippen LogP contribution in [0, 0.1) is 36.5 Å². The van der Waals surface area contributed by atoms with E-state index < -0.39 is 155 Å². The van der Waals surface area contributed by atoms with Crippen LogP contribution in [0.2, 0.25) is 0 Å². The summed E-state index contributed by atoms with van der Waals surface area (Å²) in [6.07, 6.45) is 0.804. The zero-order chi connectivity index (χ0) is 71.7. The van der Waals surface area contributed by atoms with Crippen LogP contribution in [0.15, 0.2) is 24.3 Å². The third kappa shape index (κ3) is 18.3. The molecule has 3 N–H and O–H groups in total. The number of carbonyl (C=O) groups is 11. The van der Waals surface area contributed by atoms with Gasteiger partial charge in [0.05, 0.1) is 12.5 Å². The minimum absolute atomic E-state index is 0.00623. The summed E-state index contributed by atoms with van der Waals surface area (Å²) in [7, 11) is 7.39. The predicted octanol–water partition coefficient (Wildman–Crippen LogP) is 6.60. The lowest BCUT2D eigenvalue weighted by molar-refractivity contribution is -0.182. The number of halogens is 4. The number of aryl methyl sites for hydroxylation is 1. The maximum absolute atomic E-state index is 15.4. The van der Waals surface area contributed by atoms with E-state index in [0.29, 0.717) is 63.5 Å². The Morgan fingerprint density at radius 1 is 0.619 bits per heavy atom. The number of hydrogen-bond donors (Lipinski definition) is 3. The van der Waals surface area contributed by atoms with Crippen LogP contribution < -0.4 is 16.0 Å². The maximum Gasteiger partial charge on any atom is 0.393 e. The fraction of sp³-hybridized carbons (Fsp3) is 0.761. The fourth-order valence-electron chi connectivity index (χ4n) is 15.4. The second-order valence-corrected chi connectivity index (χ2v) is 30.0. The van der Waals surface area contributed by atoms with Crippen molar-refractivity contribution in [3.63, 3.8) is 0 Å². The van der Waals surface area contributed by atoms with Crippen LogP contribution in [-0.2, 0) is 59.2 Å². The van der Waals surface area contributed by atoms with Gasteiger partial charge in [0.25, 0.3) is 0 Å². The van der Waals surface area contributed by atoms with E-state index >= 15 is 19.2 Å². The molecule has 7 rings (SSSR count). The average molecular weight is 1390 g/mol. The number of fused-ring (bicyclic) bond motifs is 3. The first-order valence-corrected chi connectivity index (χ1v) is 36.0. The first kappa shape index (κ1) is 77.8. The van der Waals surface area contributed by atoms with Crippen molar-refractivity contribution < 1.29 is 65.9 Å². The Labute approximate surface area is 576 Å². The van der Waals surface area contributed by atoms with Crippen molar-refractivity contribution >= 4 is 76.6 Å². The van der Waals surface area contributed by atoms with Gasteiger partial charge in [0.2, 0.25) is 65.0 Å². The lowest BCUT2D eigenvalue weighted by Gasteiger charge is -2.45. The Morgan fingerprint density at radius 3 is 1.86 bits per heavy atom. The van der Waals surface area contributed by atoms with E-state index in [4.69, 9.17) is 11.6 Å². The zero-order valence-electron chi connectivity index (χ0n) is 59.5. The van der Waals surface area contributed by atoms with Gasteiger partial charge >= 0.3 is 6.18 Å². The van der Waals surface area contributed by atoms with Crippen LogP contribution in [0.3, 0.4) is 0 Å². The van der Waals surface area contributed by atoms with Crippen molar-refractivity contribution in [1.82, 2.24) is 55.1 Å². The summed E-state index contributed by atoms with van der Waals surface area (Å²) in [5.41, 5.74) is 0.136. The summed E-state index contributed by atoms with van der Waals surface area (Å²) >= 11 is 6.40. The van der Waals surface area contributed by atoms with Crippen molar-refractivity contribution in [3.05, 3.63) is 35.4 Å². The van der Waals surface area contributed by atoms with Crippen LogP contribution in [0.4, 0.5) is 13.2 Å². The van der Waals surface area contributed by atoms with E-state index in [1.54, 1.807) is 25.9 Å². The normalized spacial score (nSPS) is 30.4. The molecule has 22 nitrogen and oxygen atoms in total. The summed E-state index contributed by atoms with van der Waals surface area (Å²) < 4.78 is 42.0. The Hall–Kier alpha value is -6.53. The monoisotopic (exact) mass is 1380 g/mol. The molecule has 97 heavy (non-hydrogen) atoms. The highest BCUT2D eigenvalue weighted by Gasteiger charge is 2.52. The van der Waals surface area contributed by atoms with E-state index in [-0.39, 0.29) is 108 Å². The summed E-state index contributed by atoms with van der Waals surface area (Å²) in [4.78, 5) is 175. The van der Waals surface area contributed by atoms with Crippen LogP contribution in [0.25, 0.3) is 0 Å². The van der Waals surface area contributed by atoms with Crippen molar-refractivity contribution in [2.24, 2.45) is 29.6 Å². The number of likely N-dealkylation sites (N-methyl/N-ethyl adjacent to an activating group) is 5. The molecule has 1 aromatic rings. The molecule has 0 aromatic heterocycles. The largest absolute Gasteiger partial charge is 0.393 e. The minimum Gasteiger partial charge on any atom is -0.343 e. The van der Waals surface area contributed by atoms with Crippen LogP contribution in [0.5, 0.6) is 0 Å².